The van der Waals surface area contributed by atoms with E-state index >= 15 is 0 Å². The summed E-state index contributed by atoms with van der Waals surface area (Å²) in [5, 5.41) is 6.74. The molecule has 0 saturated carbocycles. The number of sulfonamides is 1. The van der Waals surface area contributed by atoms with E-state index in [1.54, 1.807) is 13.0 Å². The number of halogens is 1. The maximum Gasteiger partial charge on any atom is 0.338 e. The molecule has 26 heavy (non-hydrogen) atoms. The van der Waals surface area contributed by atoms with Gasteiger partial charge in [-0.05, 0) is 37.5 Å². The molecular weight excluding hydrogens is 361 g/mol. The Morgan fingerprint density at radius 1 is 1.31 bits per heavy atom. The standard InChI is InChI=1S/C17H22FN3O4S/c1-4-6-11(3)15-10-16(20-19-15)21-26(23,24)14-8-12(7-13(18)9-14)17(22)25-5-2/h7-11H,4-6H2,1-3H3,(H2,19,20,21). The first-order valence-electron chi connectivity index (χ1n) is 8.32. The second-order valence-electron chi connectivity index (χ2n) is 5.90. The van der Waals surface area contributed by atoms with Crippen molar-refractivity contribution >= 4 is 21.8 Å². The molecule has 1 atom stereocenters. The topological polar surface area (TPSA) is 101 Å². The number of carbonyl (C=O) groups excluding carboxylic acids is 1. The summed E-state index contributed by atoms with van der Waals surface area (Å²) in [7, 11) is -4.11. The molecule has 1 aromatic heterocycles. The molecule has 142 valence electrons. The highest BCUT2D eigenvalue weighted by atomic mass is 32.2. The minimum Gasteiger partial charge on any atom is -0.462 e. The Bertz CT molecular complexity index is 880. The number of anilines is 1. The maximum atomic E-state index is 13.8. The van der Waals surface area contributed by atoms with Gasteiger partial charge in [-0.15, -0.1) is 0 Å². The lowest BCUT2D eigenvalue weighted by molar-refractivity contribution is 0.0525. The first-order chi connectivity index (χ1) is 12.3. The van der Waals surface area contributed by atoms with Crippen LogP contribution in [0.1, 0.15) is 55.6 Å². The van der Waals surface area contributed by atoms with Gasteiger partial charge in [0, 0.05) is 11.8 Å². The number of benzene rings is 1. The second kappa shape index (κ2) is 8.31. The zero-order valence-electron chi connectivity index (χ0n) is 14.9. The fourth-order valence-electron chi connectivity index (χ4n) is 2.48. The predicted molar refractivity (Wildman–Crippen MR) is 95.1 cm³/mol. The smallest absolute Gasteiger partial charge is 0.338 e. The van der Waals surface area contributed by atoms with Gasteiger partial charge in [0.2, 0.25) is 0 Å². The van der Waals surface area contributed by atoms with Crippen LogP contribution in [-0.2, 0) is 14.8 Å². The van der Waals surface area contributed by atoms with Gasteiger partial charge in [-0.3, -0.25) is 9.82 Å². The highest BCUT2D eigenvalue weighted by Gasteiger charge is 2.20. The summed E-state index contributed by atoms with van der Waals surface area (Å²) in [4.78, 5) is 11.4. The van der Waals surface area contributed by atoms with Gasteiger partial charge < -0.3 is 4.74 Å². The molecule has 1 aromatic carbocycles. The largest absolute Gasteiger partial charge is 0.462 e. The third-order valence-electron chi connectivity index (χ3n) is 3.78. The molecule has 0 amide bonds. The summed E-state index contributed by atoms with van der Waals surface area (Å²) in [6.45, 7) is 5.77. The molecule has 9 heteroatoms. The molecule has 0 spiro atoms. The molecule has 0 saturated heterocycles. The summed E-state index contributed by atoms with van der Waals surface area (Å²) in [5.74, 6) is -1.34. The van der Waals surface area contributed by atoms with Gasteiger partial charge >= 0.3 is 5.97 Å². The number of esters is 1. The predicted octanol–water partition coefficient (Wildman–Crippen LogP) is 3.43. The molecule has 1 heterocycles. The van der Waals surface area contributed by atoms with Crippen LogP contribution in [0.25, 0.3) is 0 Å². The van der Waals surface area contributed by atoms with E-state index in [9.17, 15) is 17.6 Å². The van der Waals surface area contributed by atoms with Crippen LogP contribution in [0.2, 0.25) is 0 Å². The molecule has 1 unspecified atom stereocenters. The summed E-state index contributed by atoms with van der Waals surface area (Å²) in [5.41, 5.74) is 0.627. The van der Waals surface area contributed by atoms with Gasteiger partial charge in [0.15, 0.2) is 5.82 Å². The van der Waals surface area contributed by atoms with Crippen molar-refractivity contribution in [3.63, 3.8) is 0 Å². The number of carbonyl (C=O) groups is 1. The average Bonchev–Trinajstić information content (AvgIpc) is 3.02. The fourth-order valence-corrected chi connectivity index (χ4v) is 3.52. The maximum absolute atomic E-state index is 13.8. The van der Waals surface area contributed by atoms with Crippen LogP contribution in [0.4, 0.5) is 10.2 Å². The number of nitrogens with zero attached hydrogens (tertiary/aromatic N) is 1. The Balaban J connectivity index is 2.26. The summed E-state index contributed by atoms with van der Waals surface area (Å²) in [6, 6.07) is 4.43. The average molecular weight is 383 g/mol. The van der Waals surface area contributed by atoms with Crippen molar-refractivity contribution in [2.45, 2.75) is 44.4 Å². The number of rotatable bonds is 8. The van der Waals surface area contributed by atoms with Crippen LogP contribution in [-0.4, -0.2) is 31.2 Å². The molecule has 2 N–H and O–H groups in total. The van der Waals surface area contributed by atoms with Gasteiger partial charge in [0.1, 0.15) is 5.82 Å². The van der Waals surface area contributed by atoms with Gasteiger partial charge in [-0.1, -0.05) is 20.3 Å². The number of H-pyrrole nitrogens is 1. The number of hydrogen-bond acceptors (Lipinski definition) is 5. The normalized spacial score (nSPS) is 12.6. The van der Waals surface area contributed by atoms with Crippen molar-refractivity contribution in [1.29, 1.82) is 0 Å². The minimum atomic E-state index is -4.11. The highest BCUT2D eigenvalue weighted by Crippen LogP contribution is 2.23. The molecule has 2 aromatic rings. The van der Waals surface area contributed by atoms with E-state index in [0.717, 1.165) is 36.7 Å². The molecule has 0 aliphatic heterocycles. The summed E-state index contributed by atoms with van der Waals surface area (Å²) >= 11 is 0. The van der Waals surface area contributed by atoms with Crippen LogP contribution in [0.5, 0.6) is 0 Å². The van der Waals surface area contributed by atoms with E-state index in [2.05, 4.69) is 21.8 Å². The van der Waals surface area contributed by atoms with Gasteiger partial charge in [-0.2, -0.15) is 5.10 Å². The minimum absolute atomic E-state index is 0.0989. The zero-order chi connectivity index (χ0) is 19.3. The van der Waals surface area contributed by atoms with Crippen LogP contribution in [0.3, 0.4) is 0 Å². The van der Waals surface area contributed by atoms with Crippen molar-refractivity contribution in [3.05, 3.63) is 41.3 Å². The molecule has 7 nitrogen and oxygen atoms in total. The van der Waals surface area contributed by atoms with Gasteiger partial charge in [0.25, 0.3) is 10.0 Å². The Kier molecular flexibility index (Phi) is 6.36. The number of nitrogens with one attached hydrogen (secondary N) is 2. The molecule has 0 bridgehead atoms. The molecule has 0 radical (unpaired) electrons. The molecule has 0 aliphatic carbocycles. The number of hydrogen-bond donors (Lipinski definition) is 2. The SMILES string of the molecule is CCCC(C)c1cc(NS(=O)(=O)c2cc(F)cc(C(=O)OCC)c2)n[nH]1. The van der Waals surface area contributed by atoms with Crippen molar-refractivity contribution in [3.8, 4) is 0 Å². The Labute approximate surface area is 152 Å². The van der Waals surface area contributed by atoms with E-state index in [-0.39, 0.29) is 28.8 Å². The van der Waals surface area contributed by atoms with Crippen molar-refractivity contribution in [2.24, 2.45) is 0 Å². The number of aromatic nitrogens is 2. The van der Waals surface area contributed by atoms with Gasteiger partial charge in [-0.25, -0.2) is 17.6 Å². The van der Waals surface area contributed by atoms with Crippen molar-refractivity contribution in [1.82, 2.24) is 10.2 Å². The monoisotopic (exact) mass is 383 g/mol. The lowest BCUT2D eigenvalue weighted by Gasteiger charge is -2.08. The lowest BCUT2D eigenvalue weighted by atomic mass is 10.0. The van der Waals surface area contributed by atoms with E-state index in [1.807, 2.05) is 6.92 Å². The summed E-state index contributed by atoms with van der Waals surface area (Å²) in [6.07, 6.45) is 1.92. The van der Waals surface area contributed by atoms with E-state index in [0.29, 0.717) is 0 Å². The van der Waals surface area contributed by atoms with E-state index in [1.165, 1.54) is 0 Å². The Morgan fingerprint density at radius 2 is 2.04 bits per heavy atom. The lowest BCUT2D eigenvalue weighted by Crippen LogP contribution is -2.15. The Hall–Kier alpha value is -2.42. The molecule has 0 fully saturated rings. The number of ether oxygens (including phenoxy) is 1. The third-order valence-corrected chi connectivity index (χ3v) is 5.12. The second-order valence-corrected chi connectivity index (χ2v) is 7.58. The fraction of sp³-hybridized carbons (Fsp3) is 0.412. The quantitative estimate of drug-likeness (QED) is 0.680. The Morgan fingerprint density at radius 3 is 2.69 bits per heavy atom. The molecular formula is C17H22FN3O4S. The zero-order valence-corrected chi connectivity index (χ0v) is 15.7. The first-order valence-corrected chi connectivity index (χ1v) is 9.81. The van der Waals surface area contributed by atoms with Crippen LogP contribution < -0.4 is 4.72 Å². The van der Waals surface area contributed by atoms with E-state index < -0.39 is 21.8 Å². The van der Waals surface area contributed by atoms with Crippen molar-refractivity contribution in [2.75, 3.05) is 11.3 Å². The number of aromatic amines is 1. The van der Waals surface area contributed by atoms with Crippen LogP contribution in [0.15, 0.2) is 29.2 Å². The highest BCUT2D eigenvalue weighted by molar-refractivity contribution is 7.92. The van der Waals surface area contributed by atoms with Crippen LogP contribution in [0, 0.1) is 5.82 Å². The molecule has 2 rings (SSSR count). The van der Waals surface area contributed by atoms with Crippen LogP contribution >= 0.6 is 0 Å². The summed E-state index contributed by atoms with van der Waals surface area (Å²) < 4.78 is 45.9. The van der Waals surface area contributed by atoms with Gasteiger partial charge in [0.05, 0.1) is 17.1 Å². The third kappa shape index (κ3) is 4.81. The van der Waals surface area contributed by atoms with E-state index in [4.69, 9.17) is 4.74 Å². The molecule has 0 aliphatic rings. The first kappa shape index (κ1) is 19.9. The van der Waals surface area contributed by atoms with Crippen molar-refractivity contribution < 1.29 is 22.3 Å².